The summed E-state index contributed by atoms with van der Waals surface area (Å²) in [6.07, 6.45) is -4.40. The van der Waals surface area contributed by atoms with Crippen molar-refractivity contribution in [1.82, 2.24) is 9.97 Å². The van der Waals surface area contributed by atoms with Crippen LogP contribution in [-0.4, -0.2) is 15.9 Å². The molecule has 142 valence electrons. The van der Waals surface area contributed by atoms with Crippen molar-refractivity contribution in [3.05, 3.63) is 57.7 Å². The standard InChI is InChI=1S/C18H15F3N2O3S/c1-9-11(3)26-14(22-9)8-25-17(24)15-10(2)23-16(27-15)12-4-6-13(7-5-12)18(19,20)21/h4-7H,8H2,1-3H3. The molecule has 0 bridgehead atoms. The molecule has 0 saturated heterocycles. The number of nitrogens with zero attached hydrogens (tertiary/aromatic N) is 2. The van der Waals surface area contributed by atoms with E-state index in [1.54, 1.807) is 20.8 Å². The number of carbonyl (C=O) groups excluding carboxylic acids is 1. The number of hydrogen-bond acceptors (Lipinski definition) is 6. The van der Waals surface area contributed by atoms with Crippen LogP contribution in [0.15, 0.2) is 28.7 Å². The summed E-state index contributed by atoms with van der Waals surface area (Å²) < 4.78 is 48.5. The molecule has 0 saturated carbocycles. The summed E-state index contributed by atoms with van der Waals surface area (Å²) >= 11 is 1.06. The first-order valence-corrected chi connectivity index (χ1v) is 8.72. The van der Waals surface area contributed by atoms with Gasteiger partial charge in [-0.25, -0.2) is 14.8 Å². The molecule has 0 fully saturated rings. The van der Waals surface area contributed by atoms with Crippen LogP contribution in [0.4, 0.5) is 13.2 Å². The fourth-order valence-corrected chi connectivity index (χ4v) is 3.27. The number of benzene rings is 1. The van der Waals surface area contributed by atoms with Gasteiger partial charge in [0.15, 0.2) is 6.61 Å². The Morgan fingerprint density at radius 1 is 1.11 bits per heavy atom. The summed E-state index contributed by atoms with van der Waals surface area (Å²) in [4.78, 5) is 21.0. The van der Waals surface area contributed by atoms with Crippen molar-refractivity contribution >= 4 is 17.3 Å². The molecule has 0 aliphatic heterocycles. The minimum Gasteiger partial charge on any atom is -0.451 e. The van der Waals surface area contributed by atoms with E-state index < -0.39 is 17.7 Å². The highest BCUT2D eigenvalue weighted by Crippen LogP contribution is 2.33. The molecule has 3 rings (SSSR count). The van der Waals surface area contributed by atoms with Crippen molar-refractivity contribution in [2.24, 2.45) is 0 Å². The monoisotopic (exact) mass is 396 g/mol. The Morgan fingerprint density at radius 2 is 1.78 bits per heavy atom. The Labute approximate surface area is 156 Å². The summed E-state index contributed by atoms with van der Waals surface area (Å²) in [5, 5.41) is 0.441. The van der Waals surface area contributed by atoms with Crippen LogP contribution in [0.2, 0.25) is 0 Å². The second-order valence-corrected chi connectivity index (χ2v) is 6.83. The van der Waals surface area contributed by atoms with Gasteiger partial charge in [0, 0.05) is 5.56 Å². The summed E-state index contributed by atoms with van der Waals surface area (Å²) in [7, 11) is 0. The van der Waals surface area contributed by atoms with Crippen LogP contribution in [0.1, 0.15) is 38.3 Å². The summed E-state index contributed by atoms with van der Waals surface area (Å²) in [6, 6.07) is 4.62. The predicted molar refractivity (Wildman–Crippen MR) is 92.4 cm³/mol. The van der Waals surface area contributed by atoms with Crippen molar-refractivity contribution in [1.29, 1.82) is 0 Å². The first kappa shape index (κ1) is 19.1. The molecule has 0 spiro atoms. The third kappa shape index (κ3) is 4.19. The van der Waals surface area contributed by atoms with E-state index in [1.165, 1.54) is 12.1 Å². The Hall–Kier alpha value is -2.68. The SMILES string of the molecule is Cc1nc(COC(=O)c2sc(-c3ccc(C(F)(F)F)cc3)nc2C)oc1C. The molecule has 0 radical (unpaired) electrons. The summed E-state index contributed by atoms with van der Waals surface area (Å²) in [5.74, 6) is 0.361. The lowest BCUT2D eigenvalue weighted by atomic mass is 10.1. The van der Waals surface area contributed by atoms with Crippen LogP contribution in [0.5, 0.6) is 0 Å². The highest BCUT2D eigenvalue weighted by molar-refractivity contribution is 7.17. The molecular weight excluding hydrogens is 381 g/mol. The smallest absolute Gasteiger partial charge is 0.416 e. The lowest BCUT2D eigenvalue weighted by Crippen LogP contribution is -2.05. The third-order valence-corrected chi connectivity index (χ3v) is 5.03. The van der Waals surface area contributed by atoms with Crippen molar-refractivity contribution in [2.45, 2.75) is 33.6 Å². The van der Waals surface area contributed by atoms with Crippen molar-refractivity contribution in [3.8, 4) is 10.6 Å². The van der Waals surface area contributed by atoms with E-state index >= 15 is 0 Å². The number of alkyl halides is 3. The molecule has 1 aromatic carbocycles. The van der Waals surface area contributed by atoms with Gasteiger partial charge in [0.25, 0.3) is 0 Å². The van der Waals surface area contributed by atoms with Gasteiger partial charge in [-0.15, -0.1) is 11.3 Å². The number of ether oxygens (including phenoxy) is 1. The highest BCUT2D eigenvalue weighted by atomic mass is 32.1. The van der Waals surface area contributed by atoms with Gasteiger partial charge in [-0.3, -0.25) is 0 Å². The van der Waals surface area contributed by atoms with Gasteiger partial charge in [-0.2, -0.15) is 13.2 Å². The lowest BCUT2D eigenvalue weighted by molar-refractivity contribution is -0.137. The molecule has 9 heteroatoms. The van der Waals surface area contributed by atoms with Gasteiger partial charge in [0.1, 0.15) is 15.6 Å². The number of halogens is 3. The number of aromatic nitrogens is 2. The van der Waals surface area contributed by atoms with Gasteiger partial charge < -0.3 is 9.15 Å². The maximum absolute atomic E-state index is 12.7. The molecular formula is C18H15F3N2O3S. The molecule has 0 aliphatic rings. The molecule has 0 amide bonds. The molecule has 0 N–H and O–H groups in total. The first-order valence-electron chi connectivity index (χ1n) is 7.90. The Kier molecular flexibility index (Phi) is 5.05. The average molecular weight is 396 g/mol. The fourth-order valence-electron chi connectivity index (χ4n) is 2.30. The number of oxazole rings is 1. The Morgan fingerprint density at radius 3 is 2.33 bits per heavy atom. The molecule has 2 heterocycles. The number of thiazole rings is 1. The highest BCUT2D eigenvalue weighted by Gasteiger charge is 2.30. The van der Waals surface area contributed by atoms with Gasteiger partial charge in [-0.05, 0) is 32.9 Å². The van der Waals surface area contributed by atoms with Crippen LogP contribution in [0.25, 0.3) is 10.6 Å². The molecule has 5 nitrogen and oxygen atoms in total. The molecule has 0 aliphatic carbocycles. The zero-order valence-electron chi connectivity index (χ0n) is 14.7. The van der Waals surface area contributed by atoms with E-state index in [1.807, 2.05) is 0 Å². The van der Waals surface area contributed by atoms with Gasteiger partial charge in [0.05, 0.1) is 17.0 Å². The zero-order chi connectivity index (χ0) is 19.8. The van der Waals surface area contributed by atoms with E-state index in [2.05, 4.69) is 9.97 Å². The van der Waals surface area contributed by atoms with Crippen molar-refractivity contribution in [2.75, 3.05) is 0 Å². The average Bonchev–Trinajstić information content (AvgIpc) is 3.15. The van der Waals surface area contributed by atoms with E-state index in [-0.39, 0.29) is 11.5 Å². The molecule has 0 atom stereocenters. The second-order valence-electron chi connectivity index (χ2n) is 5.83. The minimum atomic E-state index is -4.40. The van der Waals surface area contributed by atoms with Crippen LogP contribution < -0.4 is 0 Å². The summed E-state index contributed by atoms with van der Waals surface area (Å²) in [6.45, 7) is 5.08. The molecule has 27 heavy (non-hydrogen) atoms. The Balaban J connectivity index is 1.74. The lowest BCUT2D eigenvalue weighted by Gasteiger charge is -2.06. The number of esters is 1. The Bertz CT molecular complexity index is 955. The second kappa shape index (κ2) is 7.15. The van der Waals surface area contributed by atoms with E-state index in [4.69, 9.17) is 9.15 Å². The number of hydrogen-bond donors (Lipinski definition) is 0. The van der Waals surface area contributed by atoms with E-state index in [0.29, 0.717) is 27.9 Å². The normalized spacial score (nSPS) is 11.6. The van der Waals surface area contributed by atoms with Gasteiger partial charge in [-0.1, -0.05) is 12.1 Å². The third-order valence-electron chi connectivity index (χ3n) is 3.84. The van der Waals surface area contributed by atoms with Gasteiger partial charge in [0.2, 0.25) is 5.89 Å². The number of rotatable bonds is 4. The van der Waals surface area contributed by atoms with Gasteiger partial charge >= 0.3 is 12.1 Å². The van der Waals surface area contributed by atoms with Crippen LogP contribution in [0, 0.1) is 20.8 Å². The topological polar surface area (TPSA) is 65.2 Å². The van der Waals surface area contributed by atoms with Crippen molar-refractivity contribution in [3.63, 3.8) is 0 Å². The van der Waals surface area contributed by atoms with Crippen LogP contribution in [-0.2, 0) is 17.5 Å². The first-order chi connectivity index (χ1) is 12.6. The fraction of sp³-hybridized carbons (Fsp3) is 0.278. The largest absolute Gasteiger partial charge is 0.451 e. The van der Waals surface area contributed by atoms with Crippen LogP contribution in [0.3, 0.4) is 0 Å². The van der Waals surface area contributed by atoms with E-state index in [0.717, 1.165) is 29.2 Å². The van der Waals surface area contributed by atoms with Crippen molar-refractivity contribution < 1.29 is 27.1 Å². The maximum atomic E-state index is 12.7. The molecule has 2 aromatic heterocycles. The molecule has 3 aromatic rings. The predicted octanol–water partition coefficient (Wildman–Crippen LogP) is 5.10. The molecule has 0 unspecified atom stereocenters. The summed E-state index contributed by atoms with van der Waals surface area (Å²) in [5.41, 5.74) is 0.920. The quantitative estimate of drug-likeness (QED) is 0.574. The van der Waals surface area contributed by atoms with Crippen LogP contribution >= 0.6 is 11.3 Å². The number of carbonyl (C=O) groups is 1. The minimum absolute atomic E-state index is 0.111. The zero-order valence-corrected chi connectivity index (χ0v) is 15.5. The maximum Gasteiger partial charge on any atom is 0.416 e. The van der Waals surface area contributed by atoms with E-state index in [9.17, 15) is 18.0 Å². The number of aryl methyl sites for hydroxylation is 3.